The smallest absolute Gasteiger partial charge is 0.269 e. The molecule has 0 amide bonds. The van der Waals surface area contributed by atoms with Gasteiger partial charge in [0.05, 0.1) is 9.82 Å². The second-order valence-electron chi connectivity index (χ2n) is 4.19. The van der Waals surface area contributed by atoms with Crippen LogP contribution in [0.4, 0.5) is 5.69 Å². The summed E-state index contributed by atoms with van der Waals surface area (Å²) in [5, 5.41) is 10.5. The molecule has 19 heavy (non-hydrogen) atoms. The first-order valence-electron chi connectivity index (χ1n) is 5.67. The van der Waals surface area contributed by atoms with E-state index >= 15 is 0 Å². The summed E-state index contributed by atoms with van der Waals surface area (Å²) >= 11 is 0. The quantitative estimate of drug-likeness (QED) is 0.608. The summed E-state index contributed by atoms with van der Waals surface area (Å²) in [4.78, 5) is 21.0. The van der Waals surface area contributed by atoms with E-state index in [2.05, 4.69) is 0 Å². The lowest BCUT2D eigenvalue weighted by Gasteiger charge is -2.25. The van der Waals surface area contributed by atoms with Crippen LogP contribution in [0, 0.1) is 10.1 Å². The number of nitro benzene ring substituents is 1. The van der Waals surface area contributed by atoms with Crippen LogP contribution in [0.2, 0.25) is 0 Å². The van der Waals surface area contributed by atoms with Crippen LogP contribution in [0.5, 0.6) is 0 Å². The van der Waals surface area contributed by atoms with Crippen molar-refractivity contribution in [3.05, 3.63) is 34.4 Å². The van der Waals surface area contributed by atoms with Crippen molar-refractivity contribution in [3.8, 4) is 0 Å². The normalized spacial score (nSPS) is 17.4. The van der Waals surface area contributed by atoms with Gasteiger partial charge in [-0.25, -0.2) is 8.42 Å². The summed E-state index contributed by atoms with van der Waals surface area (Å²) < 4.78 is 25.7. The molecule has 0 aromatic heterocycles. The van der Waals surface area contributed by atoms with E-state index in [-0.39, 0.29) is 42.3 Å². The SMILES string of the molecule is O=C1CCN(S(=O)(=O)c2ccc([N+](=O)[O-])cc2)CC1. The van der Waals surface area contributed by atoms with Crippen LogP contribution in [0.1, 0.15) is 12.8 Å². The lowest BCUT2D eigenvalue weighted by molar-refractivity contribution is -0.384. The molecule has 1 aromatic rings. The molecular formula is C11H12N2O5S. The number of hydrogen-bond acceptors (Lipinski definition) is 5. The van der Waals surface area contributed by atoms with Gasteiger partial charge in [0.2, 0.25) is 10.0 Å². The number of Topliss-reactive ketones (excluding diaryl/α,β-unsaturated/α-hetero) is 1. The molecular weight excluding hydrogens is 272 g/mol. The fourth-order valence-corrected chi connectivity index (χ4v) is 3.31. The van der Waals surface area contributed by atoms with Gasteiger partial charge in [-0.05, 0) is 12.1 Å². The van der Waals surface area contributed by atoms with Crippen molar-refractivity contribution >= 4 is 21.5 Å². The van der Waals surface area contributed by atoms with Crippen molar-refractivity contribution in [3.63, 3.8) is 0 Å². The first-order valence-corrected chi connectivity index (χ1v) is 7.11. The summed E-state index contributed by atoms with van der Waals surface area (Å²) in [6, 6.07) is 4.73. The summed E-state index contributed by atoms with van der Waals surface area (Å²) in [5.74, 6) is 0.0511. The molecule has 0 atom stereocenters. The third-order valence-electron chi connectivity index (χ3n) is 2.97. The van der Waals surface area contributed by atoms with Gasteiger partial charge >= 0.3 is 0 Å². The molecule has 0 radical (unpaired) electrons. The highest BCUT2D eigenvalue weighted by Gasteiger charge is 2.28. The fourth-order valence-electron chi connectivity index (χ4n) is 1.86. The van der Waals surface area contributed by atoms with Crippen molar-refractivity contribution in [1.82, 2.24) is 4.31 Å². The second-order valence-corrected chi connectivity index (χ2v) is 6.13. The Labute approximate surface area is 110 Å². The zero-order chi connectivity index (χ0) is 14.0. The minimum absolute atomic E-state index is 0.00690. The second kappa shape index (κ2) is 5.06. The Balaban J connectivity index is 2.24. The Morgan fingerprint density at radius 1 is 1.11 bits per heavy atom. The Bertz CT molecular complexity index is 598. The van der Waals surface area contributed by atoms with Gasteiger partial charge < -0.3 is 0 Å². The number of benzene rings is 1. The van der Waals surface area contributed by atoms with Gasteiger partial charge in [0, 0.05) is 38.1 Å². The van der Waals surface area contributed by atoms with Crippen LogP contribution in [0.25, 0.3) is 0 Å². The largest absolute Gasteiger partial charge is 0.300 e. The van der Waals surface area contributed by atoms with E-state index in [1.54, 1.807) is 0 Å². The number of carbonyl (C=O) groups excluding carboxylic acids is 1. The first-order chi connectivity index (χ1) is 8.91. The molecule has 1 saturated heterocycles. The van der Waals surface area contributed by atoms with Crippen LogP contribution >= 0.6 is 0 Å². The summed E-state index contributed by atoms with van der Waals surface area (Å²) in [7, 11) is -3.67. The van der Waals surface area contributed by atoms with E-state index in [4.69, 9.17) is 0 Å². The van der Waals surface area contributed by atoms with Crippen molar-refractivity contribution < 1.29 is 18.1 Å². The van der Waals surface area contributed by atoms with E-state index < -0.39 is 14.9 Å². The number of non-ortho nitro benzene ring substituents is 1. The summed E-state index contributed by atoms with van der Waals surface area (Å²) in [6.45, 7) is 0.330. The first kappa shape index (κ1) is 13.6. The molecule has 1 aliphatic heterocycles. The molecule has 1 fully saturated rings. The van der Waals surface area contributed by atoms with Crippen LogP contribution in [-0.4, -0.2) is 36.5 Å². The maximum Gasteiger partial charge on any atom is 0.269 e. The Morgan fingerprint density at radius 3 is 2.11 bits per heavy atom. The van der Waals surface area contributed by atoms with Gasteiger partial charge in [-0.3, -0.25) is 14.9 Å². The molecule has 0 spiro atoms. The number of hydrogen-bond donors (Lipinski definition) is 0. The topological polar surface area (TPSA) is 97.6 Å². The number of carbonyl (C=O) groups is 1. The van der Waals surface area contributed by atoms with Gasteiger partial charge in [-0.1, -0.05) is 0 Å². The average Bonchev–Trinajstić information content (AvgIpc) is 2.39. The predicted octanol–water partition coefficient (Wildman–Crippen LogP) is 0.948. The number of piperidine rings is 1. The van der Waals surface area contributed by atoms with Gasteiger partial charge in [-0.2, -0.15) is 4.31 Å². The molecule has 0 bridgehead atoms. The zero-order valence-corrected chi connectivity index (χ0v) is 10.8. The standard InChI is InChI=1S/C11H12N2O5S/c14-10-5-7-12(8-6-10)19(17,18)11-3-1-9(2-4-11)13(15)16/h1-4H,5-8H2. The molecule has 8 heteroatoms. The number of ketones is 1. The summed E-state index contributed by atoms with van der Waals surface area (Å²) in [5.41, 5.74) is -0.159. The van der Waals surface area contributed by atoms with E-state index in [0.717, 1.165) is 12.1 Å². The van der Waals surface area contributed by atoms with Crippen molar-refractivity contribution in [2.24, 2.45) is 0 Å². The lowest BCUT2D eigenvalue weighted by Crippen LogP contribution is -2.38. The third kappa shape index (κ3) is 2.79. The fraction of sp³-hybridized carbons (Fsp3) is 0.364. The van der Waals surface area contributed by atoms with Crippen molar-refractivity contribution in [2.45, 2.75) is 17.7 Å². The molecule has 2 rings (SSSR count). The van der Waals surface area contributed by atoms with E-state index in [9.17, 15) is 23.3 Å². The van der Waals surface area contributed by atoms with E-state index in [0.29, 0.717) is 0 Å². The highest BCUT2D eigenvalue weighted by molar-refractivity contribution is 7.89. The third-order valence-corrected chi connectivity index (χ3v) is 4.88. The molecule has 102 valence electrons. The molecule has 1 aliphatic rings. The van der Waals surface area contributed by atoms with Crippen molar-refractivity contribution in [2.75, 3.05) is 13.1 Å². The monoisotopic (exact) mass is 284 g/mol. The van der Waals surface area contributed by atoms with E-state index in [1.165, 1.54) is 16.4 Å². The van der Waals surface area contributed by atoms with Gasteiger partial charge in [0.25, 0.3) is 5.69 Å². The molecule has 0 saturated carbocycles. The lowest BCUT2D eigenvalue weighted by atomic mass is 10.1. The summed E-state index contributed by atoms with van der Waals surface area (Å²) in [6.07, 6.45) is 0.429. The maximum absolute atomic E-state index is 12.2. The van der Waals surface area contributed by atoms with Crippen LogP contribution in [0.3, 0.4) is 0 Å². The molecule has 0 unspecified atom stereocenters. The van der Waals surface area contributed by atoms with Gasteiger partial charge in [-0.15, -0.1) is 0 Å². The highest BCUT2D eigenvalue weighted by atomic mass is 32.2. The van der Waals surface area contributed by atoms with E-state index in [1.807, 2.05) is 0 Å². The number of nitro groups is 1. The van der Waals surface area contributed by atoms with Crippen molar-refractivity contribution in [1.29, 1.82) is 0 Å². The molecule has 1 aromatic carbocycles. The number of nitrogens with zero attached hydrogens (tertiary/aromatic N) is 2. The number of rotatable bonds is 3. The van der Waals surface area contributed by atoms with Gasteiger partial charge in [0.15, 0.2) is 0 Å². The van der Waals surface area contributed by atoms with Crippen LogP contribution in [-0.2, 0) is 14.8 Å². The van der Waals surface area contributed by atoms with Crippen LogP contribution < -0.4 is 0 Å². The maximum atomic E-state index is 12.2. The minimum Gasteiger partial charge on any atom is -0.300 e. The van der Waals surface area contributed by atoms with Gasteiger partial charge in [0.1, 0.15) is 5.78 Å². The average molecular weight is 284 g/mol. The zero-order valence-electron chi connectivity index (χ0n) is 9.98. The predicted molar refractivity (Wildman–Crippen MR) is 66.1 cm³/mol. The highest BCUT2D eigenvalue weighted by Crippen LogP contribution is 2.21. The Hall–Kier alpha value is -1.80. The molecule has 7 nitrogen and oxygen atoms in total. The van der Waals surface area contributed by atoms with Crippen LogP contribution in [0.15, 0.2) is 29.2 Å². The number of sulfonamides is 1. The Morgan fingerprint density at radius 2 is 1.63 bits per heavy atom. The molecule has 0 N–H and O–H groups in total. The molecule has 1 heterocycles. The Kier molecular flexibility index (Phi) is 3.63. The minimum atomic E-state index is -3.67. The molecule has 0 aliphatic carbocycles.